The molecule has 0 spiro atoms. The highest BCUT2D eigenvalue weighted by molar-refractivity contribution is 5.73. The molecule has 0 bridgehead atoms. The summed E-state index contributed by atoms with van der Waals surface area (Å²) in [7, 11) is 0. The van der Waals surface area contributed by atoms with Gasteiger partial charge in [-0.05, 0) is 31.4 Å². The molecule has 104 valence electrons. The second kappa shape index (κ2) is 7.29. The molecule has 2 N–H and O–H groups in total. The van der Waals surface area contributed by atoms with Crippen LogP contribution in [0.25, 0.3) is 0 Å². The average Bonchev–Trinajstić information content (AvgIpc) is 2.41. The molecule has 0 saturated heterocycles. The SMILES string of the molecule is CC(=O)N[C@H]1CCCC[C@H]1NCCc1ccccc1. The van der Waals surface area contributed by atoms with Crippen molar-refractivity contribution in [2.45, 2.75) is 51.1 Å². The van der Waals surface area contributed by atoms with Crippen molar-refractivity contribution in [3.63, 3.8) is 0 Å². The predicted octanol–water partition coefficient (Wildman–Crippen LogP) is 2.27. The van der Waals surface area contributed by atoms with Crippen molar-refractivity contribution in [1.29, 1.82) is 0 Å². The van der Waals surface area contributed by atoms with E-state index >= 15 is 0 Å². The lowest BCUT2D eigenvalue weighted by molar-refractivity contribution is -0.120. The van der Waals surface area contributed by atoms with Gasteiger partial charge in [-0.25, -0.2) is 0 Å². The van der Waals surface area contributed by atoms with E-state index in [1.807, 2.05) is 6.07 Å². The third-order valence-corrected chi connectivity index (χ3v) is 3.82. The molecular weight excluding hydrogens is 236 g/mol. The molecule has 19 heavy (non-hydrogen) atoms. The van der Waals surface area contributed by atoms with Crippen molar-refractivity contribution in [1.82, 2.24) is 10.6 Å². The summed E-state index contributed by atoms with van der Waals surface area (Å²) < 4.78 is 0. The Morgan fingerprint density at radius 1 is 1.16 bits per heavy atom. The van der Waals surface area contributed by atoms with Gasteiger partial charge in [-0.3, -0.25) is 4.79 Å². The molecule has 3 heteroatoms. The molecule has 2 rings (SSSR count). The Morgan fingerprint density at radius 3 is 2.53 bits per heavy atom. The fourth-order valence-electron chi connectivity index (χ4n) is 2.86. The van der Waals surface area contributed by atoms with Gasteiger partial charge < -0.3 is 10.6 Å². The molecule has 1 amide bonds. The summed E-state index contributed by atoms with van der Waals surface area (Å²) in [6, 6.07) is 11.3. The number of rotatable bonds is 5. The summed E-state index contributed by atoms with van der Waals surface area (Å²) in [5, 5.41) is 6.69. The molecule has 0 aliphatic heterocycles. The Bertz CT molecular complexity index is 391. The van der Waals surface area contributed by atoms with Gasteiger partial charge in [0.2, 0.25) is 5.91 Å². The summed E-state index contributed by atoms with van der Waals surface area (Å²) in [5.41, 5.74) is 1.36. The molecule has 0 heterocycles. The van der Waals surface area contributed by atoms with Gasteiger partial charge in [0.1, 0.15) is 0 Å². The number of carbonyl (C=O) groups is 1. The third-order valence-electron chi connectivity index (χ3n) is 3.82. The lowest BCUT2D eigenvalue weighted by Gasteiger charge is -2.32. The number of hydrogen-bond donors (Lipinski definition) is 2. The molecule has 1 aliphatic rings. The van der Waals surface area contributed by atoms with Crippen molar-refractivity contribution in [2.24, 2.45) is 0 Å². The van der Waals surface area contributed by atoms with Crippen molar-refractivity contribution >= 4 is 5.91 Å². The zero-order chi connectivity index (χ0) is 13.5. The maximum absolute atomic E-state index is 11.2. The van der Waals surface area contributed by atoms with Gasteiger partial charge in [-0.1, -0.05) is 43.2 Å². The highest BCUT2D eigenvalue weighted by Gasteiger charge is 2.24. The summed E-state index contributed by atoms with van der Waals surface area (Å²) >= 11 is 0. The number of nitrogens with one attached hydrogen (secondary N) is 2. The molecule has 1 fully saturated rings. The van der Waals surface area contributed by atoms with Crippen LogP contribution < -0.4 is 10.6 Å². The van der Waals surface area contributed by atoms with Gasteiger partial charge in [0.15, 0.2) is 0 Å². The van der Waals surface area contributed by atoms with Crippen molar-refractivity contribution in [2.75, 3.05) is 6.54 Å². The molecule has 2 atom stereocenters. The number of hydrogen-bond acceptors (Lipinski definition) is 2. The van der Waals surface area contributed by atoms with Crippen LogP contribution in [0, 0.1) is 0 Å². The van der Waals surface area contributed by atoms with E-state index in [0.29, 0.717) is 12.1 Å². The van der Waals surface area contributed by atoms with E-state index < -0.39 is 0 Å². The number of carbonyl (C=O) groups excluding carboxylic acids is 1. The van der Waals surface area contributed by atoms with Crippen LogP contribution in [0.5, 0.6) is 0 Å². The predicted molar refractivity (Wildman–Crippen MR) is 78.0 cm³/mol. The third kappa shape index (κ3) is 4.67. The first-order valence-electron chi connectivity index (χ1n) is 7.30. The summed E-state index contributed by atoms with van der Waals surface area (Å²) in [4.78, 5) is 11.2. The Labute approximate surface area is 115 Å². The molecule has 0 aromatic heterocycles. The lowest BCUT2D eigenvalue weighted by atomic mass is 9.90. The standard InChI is InChI=1S/C16H24N2O/c1-13(19)18-16-10-6-5-9-15(16)17-12-11-14-7-3-2-4-8-14/h2-4,7-8,15-17H,5-6,9-12H2,1H3,(H,18,19)/t15-,16+/m1/s1. The van der Waals surface area contributed by atoms with E-state index in [-0.39, 0.29) is 5.91 Å². The summed E-state index contributed by atoms with van der Waals surface area (Å²) in [6.45, 7) is 2.58. The highest BCUT2D eigenvalue weighted by Crippen LogP contribution is 2.18. The second-order valence-electron chi connectivity index (χ2n) is 5.39. The van der Waals surface area contributed by atoms with Crippen LogP contribution in [0.15, 0.2) is 30.3 Å². The Hall–Kier alpha value is -1.35. The molecule has 1 aromatic rings. The van der Waals surface area contributed by atoms with Crippen LogP contribution in [0.4, 0.5) is 0 Å². The van der Waals surface area contributed by atoms with Gasteiger partial charge >= 0.3 is 0 Å². The van der Waals surface area contributed by atoms with E-state index in [2.05, 4.69) is 34.9 Å². The first-order valence-corrected chi connectivity index (χ1v) is 7.30. The van der Waals surface area contributed by atoms with Gasteiger partial charge in [-0.2, -0.15) is 0 Å². The molecule has 1 saturated carbocycles. The minimum Gasteiger partial charge on any atom is -0.352 e. The van der Waals surface area contributed by atoms with Crippen molar-refractivity contribution in [3.05, 3.63) is 35.9 Å². The monoisotopic (exact) mass is 260 g/mol. The molecule has 1 aliphatic carbocycles. The van der Waals surface area contributed by atoms with Crippen molar-refractivity contribution < 1.29 is 4.79 Å². The summed E-state index contributed by atoms with van der Waals surface area (Å²) in [6.07, 6.45) is 5.80. The topological polar surface area (TPSA) is 41.1 Å². The highest BCUT2D eigenvalue weighted by atomic mass is 16.1. The largest absolute Gasteiger partial charge is 0.352 e. The average molecular weight is 260 g/mol. The molecule has 0 unspecified atom stereocenters. The molecule has 3 nitrogen and oxygen atoms in total. The van der Waals surface area contributed by atoms with E-state index in [4.69, 9.17) is 0 Å². The molecule has 1 aromatic carbocycles. The smallest absolute Gasteiger partial charge is 0.217 e. The minimum absolute atomic E-state index is 0.0850. The Morgan fingerprint density at radius 2 is 1.84 bits per heavy atom. The Balaban J connectivity index is 1.78. The van der Waals surface area contributed by atoms with E-state index in [1.54, 1.807) is 6.92 Å². The molecular formula is C16H24N2O. The maximum Gasteiger partial charge on any atom is 0.217 e. The second-order valence-corrected chi connectivity index (χ2v) is 5.39. The van der Waals surface area contributed by atoms with Crippen LogP contribution in [-0.4, -0.2) is 24.5 Å². The van der Waals surface area contributed by atoms with Gasteiger partial charge in [0.25, 0.3) is 0 Å². The number of benzene rings is 1. The Kier molecular flexibility index (Phi) is 5.40. The lowest BCUT2D eigenvalue weighted by Crippen LogP contribution is -2.51. The van der Waals surface area contributed by atoms with Crippen LogP contribution in [-0.2, 0) is 11.2 Å². The maximum atomic E-state index is 11.2. The normalized spacial score (nSPS) is 23.0. The van der Waals surface area contributed by atoms with Crippen LogP contribution in [0.1, 0.15) is 38.2 Å². The van der Waals surface area contributed by atoms with E-state index in [9.17, 15) is 4.79 Å². The van der Waals surface area contributed by atoms with Crippen molar-refractivity contribution in [3.8, 4) is 0 Å². The minimum atomic E-state index is 0.0850. The van der Waals surface area contributed by atoms with Gasteiger partial charge in [-0.15, -0.1) is 0 Å². The van der Waals surface area contributed by atoms with E-state index in [1.165, 1.54) is 24.8 Å². The molecule has 0 radical (unpaired) electrons. The van der Waals surface area contributed by atoms with Gasteiger partial charge in [0.05, 0.1) is 0 Å². The van der Waals surface area contributed by atoms with Gasteiger partial charge in [0, 0.05) is 19.0 Å². The fourth-order valence-corrected chi connectivity index (χ4v) is 2.86. The summed E-state index contributed by atoms with van der Waals surface area (Å²) in [5.74, 6) is 0.0850. The fraction of sp³-hybridized carbons (Fsp3) is 0.562. The first kappa shape index (κ1) is 14.1. The number of amides is 1. The quantitative estimate of drug-likeness (QED) is 0.852. The first-order chi connectivity index (χ1) is 9.25. The zero-order valence-electron chi connectivity index (χ0n) is 11.7. The zero-order valence-corrected chi connectivity index (χ0v) is 11.7. The van der Waals surface area contributed by atoms with Crippen LogP contribution >= 0.6 is 0 Å². The van der Waals surface area contributed by atoms with Crippen LogP contribution in [0.2, 0.25) is 0 Å². The van der Waals surface area contributed by atoms with E-state index in [0.717, 1.165) is 19.4 Å². The van der Waals surface area contributed by atoms with Crippen LogP contribution in [0.3, 0.4) is 0 Å².